The molecule has 1 heterocycles. The van der Waals surface area contributed by atoms with Crippen molar-refractivity contribution in [2.45, 2.75) is 13.3 Å². The van der Waals surface area contributed by atoms with Crippen molar-refractivity contribution in [3.63, 3.8) is 0 Å². The van der Waals surface area contributed by atoms with E-state index in [2.05, 4.69) is 14.9 Å². The molecule has 0 unspecified atom stereocenters. The van der Waals surface area contributed by atoms with Crippen LogP contribution in [-0.2, 0) is 6.42 Å². The third-order valence-corrected chi connectivity index (χ3v) is 3.33. The molecule has 4 heteroatoms. The van der Waals surface area contributed by atoms with E-state index in [1.807, 2.05) is 51.4 Å². The molecule has 19 heavy (non-hydrogen) atoms. The van der Waals surface area contributed by atoms with Crippen molar-refractivity contribution in [3.05, 3.63) is 46.9 Å². The summed E-state index contributed by atoms with van der Waals surface area (Å²) in [6.07, 6.45) is 0.798. The second-order valence-electron chi connectivity index (χ2n) is 4.82. The van der Waals surface area contributed by atoms with Crippen LogP contribution in [0.3, 0.4) is 0 Å². The minimum atomic E-state index is 0.544. The molecule has 0 aliphatic heterocycles. The van der Waals surface area contributed by atoms with Crippen LogP contribution in [0.5, 0.6) is 0 Å². The smallest absolute Gasteiger partial charge is 0.136 e. The fourth-order valence-electron chi connectivity index (χ4n) is 1.85. The van der Waals surface area contributed by atoms with Gasteiger partial charge in [0.1, 0.15) is 11.0 Å². The van der Waals surface area contributed by atoms with Crippen molar-refractivity contribution in [2.75, 3.05) is 20.6 Å². The predicted molar refractivity (Wildman–Crippen MR) is 79.5 cm³/mol. The van der Waals surface area contributed by atoms with Gasteiger partial charge in [0.15, 0.2) is 0 Å². The molecule has 2 rings (SSSR count). The molecule has 0 atom stereocenters. The average molecular weight is 276 g/mol. The van der Waals surface area contributed by atoms with Crippen LogP contribution in [0, 0.1) is 6.92 Å². The summed E-state index contributed by atoms with van der Waals surface area (Å²) in [7, 11) is 4.07. The van der Waals surface area contributed by atoms with Crippen LogP contribution in [0.1, 0.15) is 11.4 Å². The first kappa shape index (κ1) is 14.0. The number of hydrogen-bond donors (Lipinski definition) is 0. The van der Waals surface area contributed by atoms with Crippen LogP contribution in [0.15, 0.2) is 30.3 Å². The molecular formula is C15H18ClN3. The molecule has 0 radical (unpaired) electrons. The standard InChI is InChI=1S/C15H18ClN3/c1-11-14(12-7-5-4-6-8-12)17-13(18-15(11)16)9-10-19(2)3/h4-8H,9-10H2,1-3H3. The molecule has 1 aromatic carbocycles. The van der Waals surface area contributed by atoms with E-state index < -0.39 is 0 Å². The minimum Gasteiger partial charge on any atom is -0.309 e. The van der Waals surface area contributed by atoms with E-state index in [0.29, 0.717) is 5.15 Å². The van der Waals surface area contributed by atoms with Gasteiger partial charge in [0.25, 0.3) is 0 Å². The molecule has 0 bridgehead atoms. The maximum absolute atomic E-state index is 6.22. The lowest BCUT2D eigenvalue weighted by Gasteiger charge is -2.11. The SMILES string of the molecule is Cc1c(Cl)nc(CCN(C)C)nc1-c1ccccc1. The zero-order valence-electron chi connectivity index (χ0n) is 11.5. The lowest BCUT2D eigenvalue weighted by Crippen LogP contribution is -2.16. The Bertz CT molecular complexity index is 553. The summed E-state index contributed by atoms with van der Waals surface area (Å²) in [5, 5.41) is 0.544. The number of halogens is 1. The second-order valence-corrected chi connectivity index (χ2v) is 5.18. The van der Waals surface area contributed by atoms with Crippen molar-refractivity contribution in [1.29, 1.82) is 0 Å². The van der Waals surface area contributed by atoms with Crippen molar-refractivity contribution < 1.29 is 0 Å². The van der Waals surface area contributed by atoms with Crippen molar-refractivity contribution in [2.24, 2.45) is 0 Å². The van der Waals surface area contributed by atoms with Gasteiger partial charge in [-0.1, -0.05) is 41.9 Å². The highest BCUT2D eigenvalue weighted by atomic mass is 35.5. The fraction of sp³-hybridized carbons (Fsp3) is 0.333. The zero-order valence-corrected chi connectivity index (χ0v) is 12.3. The van der Waals surface area contributed by atoms with E-state index in [1.165, 1.54) is 0 Å². The largest absolute Gasteiger partial charge is 0.309 e. The van der Waals surface area contributed by atoms with Gasteiger partial charge in [-0.2, -0.15) is 0 Å². The molecule has 0 amide bonds. The summed E-state index contributed by atoms with van der Waals surface area (Å²) in [4.78, 5) is 11.1. The number of aromatic nitrogens is 2. The molecular weight excluding hydrogens is 258 g/mol. The van der Waals surface area contributed by atoms with Gasteiger partial charge in [0.2, 0.25) is 0 Å². The van der Waals surface area contributed by atoms with Crippen LogP contribution in [0.4, 0.5) is 0 Å². The predicted octanol–water partition coefficient (Wildman–Crippen LogP) is 3.21. The molecule has 0 aliphatic carbocycles. The Balaban J connectivity index is 2.38. The summed E-state index contributed by atoms with van der Waals surface area (Å²) in [6.45, 7) is 2.87. The number of rotatable bonds is 4. The van der Waals surface area contributed by atoms with Crippen molar-refractivity contribution in [1.82, 2.24) is 14.9 Å². The lowest BCUT2D eigenvalue weighted by atomic mass is 10.1. The van der Waals surface area contributed by atoms with Crippen LogP contribution >= 0.6 is 11.6 Å². The summed E-state index contributed by atoms with van der Waals surface area (Å²) in [5.41, 5.74) is 2.94. The number of likely N-dealkylation sites (N-methyl/N-ethyl adjacent to an activating group) is 1. The first-order valence-electron chi connectivity index (χ1n) is 6.31. The molecule has 0 aliphatic rings. The van der Waals surface area contributed by atoms with E-state index in [0.717, 1.165) is 35.6 Å². The van der Waals surface area contributed by atoms with Gasteiger partial charge in [0.05, 0.1) is 5.69 Å². The molecule has 0 fully saturated rings. The van der Waals surface area contributed by atoms with Crippen LogP contribution in [-0.4, -0.2) is 35.5 Å². The molecule has 1 aromatic heterocycles. The Morgan fingerprint density at radius 1 is 1.11 bits per heavy atom. The summed E-state index contributed by atoms with van der Waals surface area (Å²) in [5.74, 6) is 0.795. The quantitative estimate of drug-likeness (QED) is 0.803. The second kappa shape index (κ2) is 6.13. The first-order valence-corrected chi connectivity index (χ1v) is 6.69. The molecule has 100 valence electrons. The topological polar surface area (TPSA) is 29.0 Å². The summed E-state index contributed by atoms with van der Waals surface area (Å²) < 4.78 is 0. The molecule has 0 N–H and O–H groups in total. The normalized spacial score (nSPS) is 11.0. The highest BCUT2D eigenvalue weighted by Gasteiger charge is 2.11. The van der Waals surface area contributed by atoms with E-state index >= 15 is 0 Å². The Morgan fingerprint density at radius 3 is 2.42 bits per heavy atom. The van der Waals surface area contributed by atoms with Crippen molar-refractivity contribution in [3.8, 4) is 11.3 Å². The van der Waals surface area contributed by atoms with Crippen LogP contribution < -0.4 is 0 Å². The Hall–Kier alpha value is -1.45. The molecule has 0 saturated heterocycles. The molecule has 2 aromatic rings. The van der Waals surface area contributed by atoms with Gasteiger partial charge in [-0.05, 0) is 21.0 Å². The summed E-state index contributed by atoms with van der Waals surface area (Å²) in [6, 6.07) is 10.1. The minimum absolute atomic E-state index is 0.544. The highest BCUT2D eigenvalue weighted by molar-refractivity contribution is 6.30. The molecule has 0 spiro atoms. The number of nitrogens with zero attached hydrogens (tertiary/aromatic N) is 3. The third-order valence-electron chi connectivity index (χ3n) is 2.96. The first-order chi connectivity index (χ1) is 9.08. The summed E-state index contributed by atoms with van der Waals surface area (Å²) >= 11 is 6.22. The Labute approximate surface area is 119 Å². The molecule has 3 nitrogen and oxygen atoms in total. The van der Waals surface area contributed by atoms with E-state index in [9.17, 15) is 0 Å². The maximum atomic E-state index is 6.22. The van der Waals surface area contributed by atoms with Gasteiger partial charge >= 0.3 is 0 Å². The fourth-order valence-corrected chi connectivity index (χ4v) is 2.03. The van der Waals surface area contributed by atoms with E-state index in [-0.39, 0.29) is 0 Å². The van der Waals surface area contributed by atoms with Gasteiger partial charge in [-0.25, -0.2) is 9.97 Å². The van der Waals surface area contributed by atoms with E-state index in [4.69, 9.17) is 11.6 Å². The Kier molecular flexibility index (Phi) is 4.51. The van der Waals surface area contributed by atoms with Crippen LogP contribution in [0.2, 0.25) is 5.15 Å². The van der Waals surface area contributed by atoms with Crippen molar-refractivity contribution >= 4 is 11.6 Å². The third kappa shape index (κ3) is 3.52. The average Bonchev–Trinajstić information content (AvgIpc) is 2.41. The highest BCUT2D eigenvalue weighted by Crippen LogP contribution is 2.25. The van der Waals surface area contributed by atoms with Gasteiger partial charge in [0, 0.05) is 24.1 Å². The van der Waals surface area contributed by atoms with Gasteiger partial charge in [-0.3, -0.25) is 0 Å². The van der Waals surface area contributed by atoms with E-state index in [1.54, 1.807) is 0 Å². The van der Waals surface area contributed by atoms with Crippen LogP contribution in [0.25, 0.3) is 11.3 Å². The monoisotopic (exact) mass is 275 g/mol. The maximum Gasteiger partial charge on any atom is 0.136 e. The van der Waals surface area contributed by atoms with Gasteiger partial charge < -0.3 is 4.90 Å². The zero-order chi connectivity index (χ0) is 13.8. The Morgan fingerprint density at radius 2 is 1.79 bits per heavy atom. The number of benzene rings is 1. The van der Waals surface area contributed by atoms with Gasteiger partial charge in [-0.15, -0.1) is 0 Å². The lowest BCUT2D eigenvalue weighted by molar-refractivity contribution is 0.409. The molecule has 0 saturated carbocycles. The number of hydrogen-bond acceptors (Lipinski definition) is 3.